The number of hydrogen-bond donors (Lipinski definition) is 1. The summed E-state index contributed by atoms with van der Waals surface area (Å²) in [6, 6.07) is 10.8. The molecule has 2 aliphatic carbocycles. The van der Waals surface area contributed by atoms with Gasteiger partial charge in [0.25, 0.3) is 0 Å². The molecule has 2 heteroatoms. The van der Waals surface area contributed by atoms with Crippen molar-refractivity contribution in [3.8, 4) is 5.75 Å². The van der Waals surface area contributed by atoms with Crippen molar-refractivity contribution in [1.29, 1.82) is 0 Å². The van der Waals surface area contributed by atoms with Gasteiger partial charge in [-0.1, -0.05) is 38.5 Å². The van der Waals surface area contributed by atoms with Crippen molar-refractivity contribution in [3.05, 3.63) is 30.3 Å². The molecule has 0 saturated heterocycles. The zero-order valence-electron chi connectivity index (χ0n) is 13.5. The van der Waals surface area contributed by atoms with E-state index in [1.165, 1.54) is 38.6 Å². The van der Waals surface area contributed by atoms with Crippen molar-refractivity contribution in [1.82, 2.24) is 5.32 Å². The molecule has 1 N–H and O–H groups in total. The second-order valence-electron chi connectivity index (χ2n) is 7.39. The van der Waals surface area contributed by atoms with E-state index in [-0.39, 0.29) is 0 Å². The van der Waals surface area contributed by atoms with Crippen LogP contribution in [0.25, 0.3) is 0 Å². The summed E-state index contributed by atoms with van der Waals surface area (Å²) >= 11 is 0. The zero-order chi connectivity index (χ0) is 14.7. The third-order valence-corrected chi connectivity index (χ3v) is 5.58. The Kier molecular flexibility index (Phi) is 4.54. The molecule has 0 radical (unpaired) electrons. The molecule has 0 heterocycles. The third kappa shape index (κ3) is 3.42. The van der Waals surface area contributed by atoms with Crippen molar-refractivity contribution >= 4 is 0 Å². The van der Waals surface area contributed by atoms with E-state index in [0.29, 0.717) is 11.5 Å². The van der Waals surface area contributed by atoms with Crippen molar-refractivity contribution in [2.45, 2.75) is 52.0 Å². The first-order valence-electron chi connectivity index (χ1n) is 8.59. The van der Waals surface area contributed by atoms with E-state index < -0.39 is 0 Å². The van der Waals surface area contributed by atoms with E-state index in [0.717, 1.165) is 24.2 Å². The van der Waals surface area contributed by atoms with Crippen LogP contribution in [-0.2, 0) is 0 Å². The van der Waals surface area contributed by atoms with E-state index in [9.17, 15) is 0 Å². The van der Waals surface area contributed by atoms with Crippen molar-refractivity contribution in [3.63, 3.8) is 0 Å². The first kappa shape index (κ1) is 14.9. The Morgan fingerprint density at radius 1 is 1.24 bits per heavy atom. The van der Waals surface area contributed by atoms with Crippen LogP contribution in [0.15, 0.2) is 30.3 Å². The highest BCUT2D eigenvalue weighted by Crippen LogP contribution is 2.57. The van der Waals surface area contributed by atoms with Crippen LogP contribution < -0.4 is 10.1 Å². The molecule has 0 aromatic heterocycles. The Labute approximate surface area is 129 Å². The molecule has 3 rings (SSSR count). The highest BCUT2D eigenvalue weighted by molar-refractivity contribution is 5.20. The Hall–Kier alpha value is -1.02. The van der Waals surface area contributed by atoms with Crippen molar-refractivity contribution in [2.75, 3.05) is 13.2 Å². The largest absolute Gasteiger partial charge is 0.494 e. The lowest BCUT2D eigenvalue weighted by Crippen LogP contribution is -2.42. The summed E-state index contributed by atoms with van der Waals surface area (Å²) in [5.74, 6) is 2.92. The summed E-state index contributed by atoms with van der Waals surface area (Å²) in [7, 11) is 0. The van der Waals surface area contributed by atoms with Gasteiger partial charge in [0.15, 0.2) is 0 Å². The van der Waals surface area contributed by atoms with Gasteiger partial charge in [-0.05, 0) is 55.1 Å². The molecule has 116 valence electrons. The second kappa shape index (κ2) is 6.39. The van der Waals surface area contributed by atoms with Gasteiger partial charge >= 0.3 is 0 Å². The lowest BCUT2D eigenvalue weighted by molar-refractivity contribution is 0.112. The van der Waals surface area contributed by atoms with Crippen LogP contribution >= 0.6 is 0 Å². The Bertz CT molecular complexity index is 444. The molecule has 1 aromatic rings. The van der Waals surface area contributed by atoms with Crippen LogP contribution in [0.1, 0.15) is 46.0 Å². The summed E-state index contributed by atoms with van der Waals surface area (Å²) in [5, 5.41) is 3.71. The van der Waals surface area contributed by atoms with Crippen LogP contribution in [0.3, 0.4) is 0 Å². The van der Waals surface area contributed by atoms with Gasteiger partial charge < -0.3 is 10.1 Å². The molecule has 3 atom stereocenters. The molecule has 2 bridgehead atoms. The minimum absolute atomic E-state index is 0.488. The van der Waals surface area contributed by atoms with Crippen LogP contribution in [0.5, 0.6) is 5.75 Å². The fourth-order valence-corrected chi connectivity index (χ4v) is 4.47. The third-order valence-electron chi connectivity index (χ3n) is 5.58. The quantitative estimate of drug-likeness (QED) is 0.809. The average Bonchev–Trinajstić information content (AvgIpc) is 3.07. The monoisotopic (exact) mass is 287 g/mol. The average molecular weight is 287 g/mol. The number of rotatable bonds is 7. The maximum absolute atomic E-state index is 5.98. The molecule has 21 heavy (non-hydrogen) atoms. The fourth-order valence-electron chi connectivity index (χ4n) is 4.47. The molecule has 2 aliphatic rings. The van der Waals surface area contributed by atoms with E-state index in [1.807, 2.05) is 18.2 Å². The second-order valence-corrected chi connectivity index (χ2v) is 7.39. The first-order chi connectivity index (χ1) is 10.2. The molecule has 0 amide bonds. The molecule has 2 fully saturated rings. The predicted molar refractivity (Wildman–Crippen MR) is 87.6 cm³/mol. The molecule has 0 spiro atoms. The van der Waals surface area contributed by atoms with Crippen LogP contribution in [0.2, 0.25) is 0 Å². The van der Waals surface area contributed by atoms with Gasteiger partial charge in [-0.25, -0.2) is 0 Å². The maximum atomic E-state index is 5.98. The van der Waals surface area contributed by atoms with Gasteiger partial charge in [-0.15, -0.1) is 0 Å². The number of nitrogens with one attached hydrogen (secondary N) is 1. The van der Waals surface area contributed by atoms with Gasteiger partial charge in [0, 0.05) is 12.6 Å². The first-order valence-corrected chi connectivity index (χ1v) is 8.59. The molecule has 2 nitrogen and oxygen atoms in total. The highest BCUT2D eigenvalue weighted by Gasteiger charge is 2.50. The maximum Gasteiger partial charge on any atom is 0.119 e. The topological polar surface area (TPSA) is 21.3 Å². The van der Waals surface area contributed by atoms with Crippen molar-refractivity contribution in [2.24, 2.45) is 17.3 Å². The highest BCUT2D eigenvalue weighted by atomic mass is 16.5. The Morgan fingerprint density at radius 3 is 2.67 bits per heavy atom. The van der Waals surface area contributed by atoms with Crippen molar-refractivity contribution < 1.29 is 4.74 Å². The zero-order valence-corrected chi connectivity index (χ0v) is 13.5. The number of benzene rings is 1. The minimum atomic E-state index is 0.488. The summed E-state index contributed by atoms with van der Waals surface area (Å²) in [6.07, 6.45) is 6.98. The molecule has 3 unspecified atom stereocenters. The number of para-hydroxylation sites is 1. The summed E-state index contributed by atoms with van der Waals surface area (Å²) in [4.78, 5) is 0. The van der Waals surface area contributed by atoms with E-state index >= 15 is 0 Å². The molecular weight excluding hydrogens is 258 g/mol. The lowest BCUT2D eigenvalue weighted by Gasteiger charge is -2.39. The Balaban J connectivity index is 1.58. The smallest absolute Gasteiger partial charge is 0.119 e. The van der Waals surface area contributed by atoms with Crippen LogP contribution in [0, 0.1) is 17.3 Å². The number of hydrogen-bond acceptors (Lipinski definition) is 2. The predicted octanol–water partition coefficient (Wildman–Crippen LogP) is 4.26. The van der Waals surface area contributed by atoms with E-state index in [2.05, 4.69) is 31.3 Å². The molecule has 1 aromatic carbocycles. The number of ether oxygens (including phenoxy) is 1. The van der Waals surface area contributed by atoms with Gasteiger partial charge in [-0.2, -0.15) is 0 Å². The van der Waals surface area contributed by atoms with E-state index in [4.69, 9.17) is 4.74 Å². The van der Waals surface area contributed by atoms with Gasteiger partial charge in [-0.3, -0.25) is 0 Å². The molecule has 0 aliphatic heterocycles. The minimum Gasteiger partial charge on any atom is -0.494 e. The lowest BCUT2D eigenvalue weighted by atomic mass is 9.71. The van der Waals surface area contributed by atoms with Gasteiger partial charge in [0.05, 0.1) is 6.61 Å². The number of fused-ring (bicyclic) bond motifs is 2. The van der Waals surface area contributed by atoms with Crippen LogP contribution in [0.4, 0.5) is 0 Å². The standard InChI is InChI=1S/C19H29NO/c1-15(2)20-14-19(13-16-8-9-17(19)12-16)10-11-21-18-6-4-3-5-7-18/h3-7,15-17,20H,8-14H2,1-2H3. The fraction of sp³-hybridized carbons (Fsp3) is 0.684. The SMILES string of the molecule is CC(C)NCC1(CCOc2ccccc2)CC2CCC1C2. The van der Waals surface area contributed by atoms with Gasteiger partial charge in [0.1, 0.15) is 5.75 Å². The van der Waals surface area contributed by atoms with Gasteiger partial charge in [0.2, 0.25) is 0 Å². The molecular formula is C19H29NO. The Morgan fingerprint density at radius 2 is 2.05 bits per heavy atom. The van der Waals surface area contributed by atoms with Crippen LogP contribution in [-0.4, -0.2) is 19.2 Å². The summed E-state index contributed by atoms with van der Waals surface area (Å²) in [5.41, 5.74) is 0.488. The van der Waals surface area contributed by atoms with E-state index in [1.54, 1.807) is 0 Å². The summed E-state index contributed by atoms with van der Waals surface area (Å²) in [6.45, 7) is 6.53. The normalized spacial score (nSPS) is 31.0. The summed E-state index contributed by atoms with van der Waals surface area (Å²) < 4.78 is 5.98. The molecule has 2 saturated carbocycles.